The van der Waals surface area contributed by atoms with Gasteiger partial charge in [0.15, 0.2) is 0 Å². The van der Waals surface area contributed by atoms with Crippen molar-refractivity contribution in [2.45, 2.75) is 51.6 Å². The first-order valence-corrected chi connectivity index (χ1v) is 8.21. The van der Waals surface area contributed by atoms with Gasteiger partial charge in [0.2, 0.25) is 0 Å². The molecule has 2 bridgehead atoms. The third kappa shape index (κ3) is 2.36. The number of rotatable bonds is 5. The highest BCUT2D eigenvalue weighted by Gasteiger charge is 2.44. The minimum Gasteiger partial charge on any atom is -0.271 e. The number of nitrogens with zero attached hydrogens (tertiary/aromatic N) is 2. The monoisotopic (exact) mass is 326 g/mol. The second-order valence-electron chi connectivity index (χ2n) is 6.08. The Kier molecular flexibility index (Phi) is 3.96. The third-order valence-electron chi connectivity index (χ3n) is 4.96. The van der Waals surface area contributed by atoms with Gasteiger partial charge in [0.1, 0.15) is 0 Å². The van der Waals surface area contributed by atoms with Crippen LogP contribution in [0.3, 0.4) is 0 Å². The molecule has 3 N–H and O–H groups in total. The Bertz CT molecular complexity index is 445. The van der Waals surface area contributed by atoms with Crippen molar-refractivity contribution in [2.24, 2.45) is 23.6 Å². The molecule has 19 heavy (non-hydrogen) atoms. The van der Waals surface area contributed by atoms with Gasteiger partial charge in [0.05, 0.1) is 22.4 Å². The molecule has 2 fully saturated rings. The van der Waals surface area contributed by atoms with Gasteiger partial charge >= 0.3 is 0 Å². The summed E-state index contributed by atoms with van der Waals surface area (Å²) in [5, 5.41) is 4.48. The van der Waals surface area contributed by atoms with E-state index in [9.17, 15) is 0 Å². The van der Waals surface area contributed by atoms with E-state index >= 15 is 0 Å². The van der Waals surface area contributed by atoms with Crippen molar-refractivity contribution in [3.63, 3.8) is 0 Å². The maximum Gasteiger partial charge on any atom is 0.0712 e. The molecule has 0 spiro atoms. The quantitative estimate of drug-likeness (QED) is 0.646. The van der Waals surface area contributed by atoms with Gasteiger partial charge in [-0.3, -0.25) is 16.0 Å². The fourth-order valence-corrected chi connectivity index (χ4v) is 4.72. The van der Waals surface area contributed by atoms with Crippen LogP contribution in [0.15, 0.2) is 10.7 Å². The van der Waals surface area contributed by atoms with Gasteiger partial charge in [0, 0.05) is 6.54 Å². The van der Waals surface area contributed by atoms with Gasteiger partial charge in [0.25, 0.3) is 0 Å². The minimum absolute atomic E-state index is 0.235. The molecule has 2 aliphatic rings. The fraction of sp³-hybridized carbons (Fsp3) is 0.786. The molecule has 0 aliphatic heterocycles. The summed E-state index contributed by atoms with van der Waals surface area (Å²) in [5.41, 5.74) is 4.32. The van der Waals surface area contributed by atoms with Gasteiger partial charge in [-0.15, -0.1) is 0 Å². The number of fused-ring (bicyclic) bond motifs is 2. The number of halogens is 1. The summed E-state index contributed by atoms with van der Waals surface area (Å²) >= 11 is 3.65. The molecule has 4 unspecified atom stereocenters. The van der Waals surface area contributed by atoms with Crippen molar-refractivity contribution >= 4 is 15.9 Å². The third-order valence-corrected chi connectivity index (χ3v) is 5.57. The lowest BCUT2D eigenvalue weighted by Gasteiger charge is -2.30. The van der Waals surface area contributed by atoms with E-state index in [1.807, 2.05) is 6.20 Å². The molecule has 0 saturated heterocycles. The molecule has 0 radical (unpaired) electrons. The number of hydrogen-bond acceptors (Lipinski definition) is 3. The van der Waals surface area contributed by atoms with E-state index in [4.69, 9.17) is 5.84 Å². The molecule has 2 saturated carbocycles. The van der Waals surface area contributed by atoms with Crippen molar-refractivity contribution < 1.29 is 0 Å². The molecule has 3 rings (SSSR count). The van der Waals surface area contributed by atoms with Gasteiger partial charge in [-0.25, -0.2) is 0 Å². The maximum absolute atomic E-state index is 5.90. The Hall–Kier alpha value is -0.390. The van der Waals surface area contributed by atoms with Crippen LogP contribution in [-0.4, -0.2) is 9.78 Å². The SMILES string of the molecule is CCCn1ncc(Br)c1C(NN)C1CC2CCC1C2. The first kappa shape index (κ1) is 13.6. The molecule has 5 heteroatoms. The smallest absolute Gasteiger partial charge is 0.0712 e. The van der Waals surface area contributed by atoms with Crippen molar-refractivity contribution in [1.82, 2.24) is 15.2 Å². The van der Waals surface area contributed by atoms with Crippen LogP contribution in [0.25, 0.3) is 0 Å². The lowest BCUT2D eigenvalue weighted by Crippen LogP contribution is -2.37. The first-order valence-electron chi connectivity index (χ1n) is 7.41. The van der Waals surface area contributed by atoms with Crippen molar-refractivity contribution in [3.05, 3.63) is 16.4 Å². The van der Waals surface area contributed by atoms with E-state index in [0.29, 0.717) is 5.92 Å². The van der Waals surface area contributed by atoms with Gasteiger partial charge in [-0.05, 0) is 59.4 Å². The van der Waals surface area contributed by atoms with E-state index in [1.165, 1.54) is 31.4 Å². The summed E-state index contributed by atoms with van der Waals surface area (Å²) in [7, 11) is 0. The summed E-state index contributed by atoms with van der Waals surface area (Å²) in [4.78, 5) is 0. The molecule has 4 atom stereocenters. The lowest BCUT2D eigenvalue weighted by molar-refractivity contribution is 0.241. The van der Waals surface area contributed by atoms with Crippen molar-refractivity contribution in [1.29, 1.82) is 0 Å². The summed E-state index contributed by atoms with van der Waals surface area (Å²) < 4.78 is 3.20. The second-order valence-corrected chi connectivity index (χ2v) is 6.94. The number of aryl methyl sites for hydroxylation is 1. The summed E-state index contributed by atoms with van der Waals surface area (Å²) in [6, 6.07) is 0.235. The first-order chi connectivity index (χ1) is 9.24. The molecule has 1 aromatic rings. The van der Waals surface area contributed by atoms with Crippen LogP contribution in [0.2, 0.25) is 0 Å². The Morgan fingerprint density at radius 1 is 1.53 bits per heavy atom. The van der Waals surface area contributed by atoms with Crippen molar-refractivity contribution in [3.8, 4) is 0 Å². The van der Waals surface area contributed by atoms with Gasteiger partial charge < -0.3 is 0 Å². The van der Waals surface area contributed by atoms with Gasteiger partial charge in [-0.1, -0.05) is 13.3 Å². The zero-order chi connectivity index (χ0) is 13.4. The van der Waals surface area contributed by atoms with Crippen LogP contribution in [-0.2, 0) is 6.54 Å². The number of aromatic nitrogens is 2. The minimum atomic E-state index is 0.235. The van der Waals surface area contributed by atoms with Crippen LogP contribution in [0.5, 0.6) is 0 Å². The molecule has 106 valence electrons. The summed E-state index contributed by atoms with van der Waals surface area (Å²) in [6.07, 6.45) is 8.53. The number of nitrogens with one attached hydrogen (secondary N) is 1. The largest absolute Gasteiger partial charge is 0.271 e. The lowest BCUT2D eigenvalue weighted by atomic mass is 9.82. The van der Waals surface area contributed by atoms with Crippen molar-refractivity contribution in [2.75, 3.05) is 0 Å². The van der Waals surface area contributed by atoms with Crippen LogP contribution in [0, 0.1) is 17.8 Å². The highest BCUT2D eigenvalue weighted by atomic mass is 79.9. The predicted molar refractivity (Wildman–Crippen MR) is 79.2 cm³/mol. The zero-order valence-corrected chi connectivity index (χ0v) is 13.1. The molecule has 0 aromatic carbocycles. The van der Waals surface area contributed by atoms with Crippen LogP contribution >= 0.6 is 15.9 Å². The average Bonchev–Trinajstić information content (AvgIpc) is 3.10. The number of nitrogens with two attached hydrogens (primary N) is 1. The molecular weight excluding hydrogens is 304 g/mol. The highest BCUT2D eigenvalue weighted by molar-refractivity contribution is 9.10. The maximum atomic E-state index is 5.90. The predicted octanol–water partition coefficient (Wildman–Crippen LogP) is 3.00. The highest BCUT2D eigenvalue weighted by Crippen LogP contribution is 2.52. The zero-order valence-electron chi connectivity index (χ0n) is 11.5. The van der Waals surface area contributed by atoms with Crippen LogP contribution in [0.4, 0.5) is 0 Å². The molecular formula is C14H23BrN4. The second kappa shape index (κ2) is 5.54. The topological polar surface area (TPSA) is 55.9 Å². The average molecular weight is 327 g/mol. The molecule has 1 aromatic heterocycles. The molecule has 4 nitrogen and oxygen atoms in total. The summed E-state index contributed by atoms with van der Waals surface area (Å²) in [5.74, 6) is 8.36. The molecule has 1 heterocycles. The fourth-order valence-electron chi connectivity index (χ4n) is 4.18. The number of hydrogen-bond donors (Lipinski definition) is 2. The van der Waals surface area contributed by atoms with E-state index in [2.05, 4.69) is 38.1 Å². The Balaban J connectivity index is 1.87. The molecule has 2 aliphatic carbocycles. The van der Waals surface area contributed by atoms with Crippen LogP contribution < -0.4 is 11.3 Å². The van der Waals surface area contributed by atoms with E-state index in [-0.39, 0.29) is 6.04 Å². The van der Waals surface area contributed by atoms with E-state index in [1.54, 1.807) is 0 Å². The summed E-state index contributed by atoms with van der Waals surface area (Å²) in [6.45, 7) is 3.14. The van der Waals surface area contributed by atoms with E-state index in [0.717, 1.165) is 29.3 Å². The Morgan fingerprint density at radius 3 is 2.95 bits per heavy atom. The Morgan fingerprint density at radius 2 is 2.37 bits per heavy atom. The molecule has 0 amide bonds. The van der Waals surface area contributed by atoms with E-state index < -0.39 is 0 Å². The standard InChI is InChI=1S/C14H23BrN4/c1-2-5-19-14(12(15)8-17-19)13(18-16)11-7-9-3-4-10(11)6-9/h8-11,13,18H,2-7,16H2,1H3. The van der Waals surface area contributed by atoms with Crippen LogP contribution in [0.1, 0.15) is 50.8 Å². The van der Waals surface area contributed by atoms with Gasteiger partial charge in [-0.2, -0.15) is 5.10 Å². The normalized spacial score (nSPS) is 31.0. The number of hydrazine groups is 1. The Labute approximate surface area is 123 Å².